The maximum atomic E-state index is 6.33. The van der Waals surface area contributed by atoms with Crippen molar-refractivity contribution in [1.29, 1.82) is 0 Å². The van der Waals surface area contributed by atoms with Crippen molar-refractivity contribution in [3.05, 3.63) is 31.7 Å². The zero-order valence-corrected chi connectivity index (χ0v) is 15.3. The molecule has 1 aliphatic carbocycles. The second kappa shape index (κ2) is 7.75. The first kappa shape index (κ1) is 17.7. The summed E-state index contributed by atoms with van der Waals surface area (Å²) < 4.78 is 0. The van der Waals surface area contributed by atoms with E-state index in [-0.39, 0.29) is 0 Å². The molecule has 0 amide bonds. The Morgan fingerprint density at radius 2 is 1.67 bits per heavy atom. The fraction of sp³-hybridized carbons (Fsp3) is 0.625. The van der Waals surface area contributed by atoms with E-state index in [2.05, 4.69) is 5.32 Å². The lowest BCUT2D eigenvalue weighted by molar-refractivity contribution is 0.247. The second-order valence-corrected chi connectivity index (χ2v) is 7.58. The Kier molecular flexibility index (Phi) is 6.52. The molecule has 118 valence electrons. The van der Waals surface area contributed by atoms with Crippen molar-refractivity contribution in [3.8, 4) is 0 Å². The van der Waals surface area contributed by atoms with E-state index in [0.29, 0.717) is 25.5 Å². The van der Waals surface area contributed by atoms with E-state index in [0.717, 1.165) is 24.9 Å². The first-order valence-electron chi connectivity index (χ1n) is 7.45. The Labute approximate surface area is 147 Å². The zero-order chi connectivity index (χ0) is 15.5. The predicted octanol–water partition coefficient (Wildman–Crippen LogP) is 6.40. The van der Waals surface area contributed by atoms with Crippen molar-refractivity contribution in [1.82, 2.24) is 5.32 Å². The van der Waals surface area contributed by atoms with Crippen LogP contribution in [0.15, 0.2) is 6.07 Å². The van der Waals surface area contributed by atoms with Crippen LogP contribution in [-0.2, 0) is 6.42 Å². The van der Waals surface area contributed by atoms with Gasteiger partial charge in [-0.2, -0.15) is 0 Å². The van der Waals surface area contributed by atoms with Gasteiger partial charge in [0.05, 0.1) is 15.1 Å². The van der Waals surface area contributed by atoms with Crippen LogP contribution in [-0.4, -0.2) is 13.6 Å². The van der Waals surface area contributed by atoms with E-state index < -0.39 is 0 Å². The highest BCUT2D eigenvalue weighted by atomic mass is 35.5. The van der Waals surface area contributed by atoms with E-state index >= 15 is 0 Å². The minimum absolute atomic E-state index is 0.411. The largest absolute Gasteiger partial charge is 0.320 e. The van der Waals surface area contributed by atoms with Crippen molar-refractivity contribution in [2.24, 2.45) is 5.41 Å². The number of benzene rings is 1. The van der Waals surface area contributed by atoms with Crippen LogP contribution < -0.4 is 5.32 Å². The van der Waals surface area contributed by atoms with Crippen LogP contribution in [0.25, 0.3) is 0 Å². The third-order valence-electron chi connectivity index (χ3n) is 4.68. The molecule has 0 heterocycles. The Morgan fingerprint density at radius 3 is 2.29 bits per heavy atom. The lowest BCUT2D eigenvalue weighted by atomic mass is 9.77. The van der Waals surface area contributed by atoms with Crippen LogP contribution >= 0.6 is 46.4 Å². The van der Waals surface area contributed by atoms with Gasteiger partial charge in [-0.25, -0.2) is 0 Å². The Bertz CT molecular complexity index is 496. The molecule has 21 heavy (non-hydrogen) atoms. The van der Waals surface area contributed by atoms with Gasteiger partial charge in [-0.05, 0) is 62.7 Å². The lowest BCUT2D eigenvalue weighted by Crippen LogP contribution is -2.23. The maximum absolute atomic E-state index is 6.33. The predicted molar refractivity (Wildman–Crippen MR) is 94.2 cm³/mol. The fourth-order valence-corrected chi connectivity index (χ4v) is 4.48. The molecule has 0 spiro atoms. The molecule has 1 fully saturated rings. The quantitative estimate of drug-likeness (QED) is 0.452. The first-order valence-corrected chi connectivity index (χ1v) is 8.97. The molecule has 2 rings (SSSR count). The van der Waals surface area contributed by atoms with Gasteiger partial charge in [-0.15, -0.1) is 0 Å². The van der Waals surface area contributed by atoms with E-state index in [1.807, 2.05) is 7.05 Å². The molecule has 1 saturated carbocycles. The van der Waals surface area contributed by atoms with Gasteiger partial charge in [0.25, 0.3) is 0 Å². The molecular formula is C16H21Cl4N. The van der Waals surface area contributed by atoms with Crippen molar-refractivity contribution in [2.45, 2.75) is 44.9 Å². The van der Waals surface area contributed by atoms with Gasteiger partial charge in [-0.1, -0.05) is 59.2 Å². The molecule has 0 aliphatic heterocycles. The summed E-state index contributed by atoms with van der Waals surface area (Å²) in [5.41, 5.74) is 1.35. The van der Waals surface area contributed by atoms with Crippen LogP contribution in [0, 0.1) is 5.41 Å². The molecule has 0 saturated heterocycles. The minimum atomic E-state index is 0.411. The number of nitrogens with one attached hydrogen (secondary N) is 1. The minimum Gasteiger partial charge on any atom is -0.320 e. The molecule has 1 aromatic rings. The molecule has 0 bridgehead atoms. The first-order chi connectivity index (χ1) is 9.99. The second-order valence-electron chi connectivity index (χ2n) is 6.01. The van der Waals surface area contributed by atoms with Gasteiger partial charge in [0.1, 0.15) is 0 Å². The van der Waals surface area contributed by atoms with Gasteiger partial charge in [0.15, 0.2) is 0 Å². The smallest absolute Gasteiger partial charge is 0.0782 e. The van der Waals surface area contributed by atoms with E-state index in [1.54, 1.807) is 6.07 Å². The van der Waals surface area contributed by atoms with Crippen molar-refractivity contribution >= 4 is 46.4 Å². The summed E-state index contributed by atoms with van der Waals surface area (Å²) in [7, 11) is 2.01. The van der Waals surface area contributed by atoms with Gasteiger partial charge >= 0.3 is 0 Å². The Morgan fingerprint density at radius 1 is 1.00 bits per heavy atom. The lowest BCUT2D eigenvalue weighted by Gasteiger charge is -2.29. The van der Waals surface area contributed by atoms with Gasteiger partial charge in [-0.3, -0.25) is 0 Å². The maximum Gasteiger partial charge on any atom is 0.0782 e. The summed E-state index contributed by atoms with van der Waals surface area (Å²) in [6, 6.07) is 1.70. The molecule has 1 aliphatic rings. The van der Waals surface area contributed by atoms with Crippen LogP contribution in [0.5, 0.6) is 0 Å². The average Bonchev–Trinajstić information content (AvgIpc) is 2.92. The monoisotopic (exact) mass is 367 g/mol. The van der Waals surface area contributed by atoms with Crippen LogP contribution in [0.4, 0.5) is 0 Å². The molecule has 0 radical (unpaired) electrons. The summed E-state index contributed by atoms with van der Waals surface area (Å²) >= 11 is 24.8. The van der Waals surface area contributed by atoms with Gasteiger partial charge in [0, 0.05) is 5.02 Å². The SMILES string of the molecule is CNCCC1(CCc2c(Cl)cc(Cl)c(Cl)c2Cl)CCCC1. The molecule has 0 atom stereocenters. The van der Waals surface area contributed by atoms with Gasteiger partial charge in [0.2, 0.25) is 0 Å². The summed E-state index contributed by atoms with van der Waals surface area (Å²) in [5.74, 6) is 0. The van der Waals surface area contributed by atoms with E-state index in [4.69, 9.17) is 46.4 Å². The summed E-state index contributed by atoms with van der Waals surface area (Å²) in [6.45, 7) is 1.06. The number of hydrogen-bond donors (Lipinski definition) is 1. The number of rotatable bonds is 6. The summed E-state index contributed by atoms with van der Waals surface area (Å²) in [4.78, 5) is 0. The molecule has 5 heteroatoms. The molecule has 0 aromatic heterocycles. The third-order valence-corrected chi connectivity index (χ3v) is 6.32. The number of halogens is 4. The van der Waals surface area contributed by atoms with E-state index in [1.165, 1.54) is 32.1 Å². The highest BCUT2D eigenvalue weighted by molar-refractivity contribution is 6.49. The summed E-state index contributed by atoms with van der Waals surface area (Å²) in [5, 5.41) is 5.23. The molecule has 1 aromatic carbocycles. The average molecular weight is 369 g/mol. The highest BCUT2D eigenvalue weighted by Gasteiger charge is 2.33. The standard InChI is InChI=1S/C16H21Cl4N/c1-21-9-8-16(5-2-3-6-16)7-4-11-12(17)10-13(18)15(20)14(11)19/h10,21H,2-9H2,1H3. The third kappa shape index (κ3) is 4.20. The topological polar surface area (TPSA) is 12.0 Å². The fourth-order valence-electron chi connectivity index (χ4n) is 3.36. The van der Waals surface area contributed by atoms with Crippen molar-refractivity contribution in [2.75, 3.05) is 13.6 Å². The van der Waals surface area contributed by atoms with Crippen LogP contribution in [0.3, 0.4) is 0 Å². The van der Waals surface area contributed by atoms with Crippen molar-refractivity contribution in [3.63, 3.8) is 0 Å². The molecule has 1 N–H and O–H groups in total. The van der Waals surface area contributed by atoms with Crippen molar-refractivity contribution < 1.29 is 0 Å². The van der Waals surface area contributed by atoms with Crippen LogP contribution in [0.2, 0.25) is 20.1 Å². The molecular weight excluding hydrogens is 348 g/mol. The normalized spacial score (nSPS) is 17.4. The molecule has 1 nitrogen and oxygen atoms in total. The summed E-state index contributed by atoms with van der Waals surface area (Å²) in [6.07, 6.45) is 8.42. The van der Waals surface area contributed by atoms with E-state index in [9.17, 15) is 0 Å². The Balaban J connectivity index is 2.13. The number of hydrogen-bond acceptors (Lipinski definition) is 1. The zero-order valence-electron chi connectivity index (χ0n) is 12.2. The van der Waals surface area contributed by atoms with Crippen LogP contribution in [0.1, 0.15) is 44.1 Å². The highest BCUT2D eigenvalue weighted by Crippen LogP contribution is 2.46. The van der Waals surface area contributed by atoms with Gasteiger partial charge < -0.3 is 5.32 Å². The molecule has 0 unspecified atom stereocenters. The Hall–Kier alpha value is 0.340.